The van der Waals surface area contributed by atoms with Crippen LogP contribution in [0.25, 0.3) is 0 Å². The molecule has 2 aliphatic rings. The van der Waals surface area contributed by atoms with E-state index < -0.39 is 12.0 Å². The Hall–Kier alpha value is -3.72. The Morgan fingerprint density at radius 1 is 1.09 bits per heavy atom. The largest absolute Gasteiger partial charge is 0.497 e. The SMILES string of the molecule is COC(=O)C1=C(C)N=C2SC=C(CC(=O)NCc3ccccc3)N2C1c1ccc(OC)cc1OC. The maximum atomic E-state index is 12.9. The molecule has 9 heteroatoms. The molecule has 0 aromatic heterocycles. The molecule has 0 spiro atoms. The second-order valence-corrected chi connectivity index (χ2v) is 8.77. The second kappa shape index (κ2) is 10.7. The Bertz CT molecular complexity index is 1220. The number of esters is 1. The Morgan fingerprint density at radius 2 is 1.86 bits per heavy atom. The summed E-state index contributed by atoms with van der Waals surface area (Å²) in [5, 5.41) is 5.55. The molecule has 0 aliphatic carbocycles. The number of ether oxygens (including phenoxy) is 3. The molecular formula is C26H27N3O5S. The molecule has 182 valence electrons. The maximum absolute atomic E-state index is 12.9. The second-order valence-electron chi connectivity index (χ2n) is 7.93. The molecule has 0 radical (unpaired) electrons. The molecule has 0 saturated heterocycles. The van der Waals surface area contributed by atoms with Gasteiger partial charge in [-0.2, -0.15) is 0 Å². The minimum atomic E-state index is -0.584. The monoisotopic (exact) mass is 493 g/mol. The van der Waals surface area contributed by atoms with Gasteiger partial charge in [-0.15, -0.1) is 0 Å². The van der Waals surface area contributed by atoms with E-state index in [0.29, 0.717) is 34.5 Å². The highest BCUT2D eigenvalue weighted by Gasteiger charge is 2.42. The van der Waals surface area contributed by atoms with E-state index in [1.165, 1.54) is 18.9 Å². The van der Waals surface area contributed by atoms with Crippen LogP contribution in [0.3, 0.4) is 0 Å². The van der Waals surface area contributed by atoms with E-state index in [4.69, 9.17) is 14.2 Å². The third-order valence-electron chi connectivity index (χ3n) is 5.82. The summed E-state index contributed by atoms with van der Waals surface area (Å²) in [7, 11) is 4.49. The number of hydrogen-bond donors (Lipinski definition) is 1. The molecule has 1 amide bonds. The molecule has 4 rings (SSSR count). The smallest absolute Gasteiger partial charge is 0.338 e. The van der Waals surface area contributed by atoms with Gasteiger partial charge in [0.05, 0.1) is 45.1 Å². The summed E-state index contributed by atoms with van der Waals surface area (Å²) in [6.45, 7) is 2.22. The van der Waals surface area contributed by atoms with E-state index >= 15 is 0 Å². The zero-order valence-electron chi connectivity index (χ0n) is 20.0. The molecule has 8 nitrogen and oxygen atoms in total. The molecule has 2 aliphatic heterocycles. The number of allylic oxidation sites excluding steroid dienone is 1. The third kappa shape index (κ3) is 5.05. The van der Waals surface area contributed by atoms with Gasteiger partial charge < -0.3 is 24.4 Å². The number of amides is 1. The van der Waals surface area contributed by atoms with Gasteiger partial charge in [0.15, 0.2) is 5.17 Å². The molecule has 0 bridgehead atoms. The lowest BCUT2D eigenvalue weighted by molar-refractivity contribution is -0.136. The van der Waals surface area contributed by atoms with Crippen LogP contribution in [0.5, 0.6) is 11.5 Å². The van der Waals surface area contributed by atoms with Gasteiger partial charge in [0, 0.05) is 23.9 Å². The summed E-state index contributed by atoms with van der Waals surface area (Å²) in [4.78, 5) is 32.3. The van der Waals surface area contributed by atoms with Gasteiger partial charge in [-0.3, -0.25) is 4.79 Å². The van der Waals surface area contributed by atoms with Gasteiger partial charge in [-0.1, -0.05) is 42.1 Å². The number of nitrogens with one attached hydrogen (secondary N) is 1. The van der Waals surface area contributed by atoms with Gasteiger partial charge in [0.25, 0.3) is 0 Å². The quantitative estimate of drug-likeness (QED) is 0.553. The Labute approximate surface area is 208 Å². The summed E-state index contributed by atoms with van der Waals surface area (Å²) in [5.41, 5.74) is 3.43. The maximum Gasteiger partial charge on any atom is 0.338 e. The molecule has 2 heterocycles. The minimum Gasteiger partial charge on any atom is -0.497 e. The number of benzene rings is 2. The van der Waals surface area contributed by atoms with Gasteiger partial charge >= 0.3 is 5.97 Å². The van der Waals surface area contributed by atoms with E-state index in [9.17, 15) is 9.59 Å². The van der Waals surface area contributed by atoms with Crippen LogP contribution in [0, 0.1) is 0 Å². The summed E-state index contributed by atoms with van der Waals surface area (Å²) in [6.07, 6.45) is 0.126. The standard InChI is InChI=1S/C26H27N3O5S/c1-16-23(25(31)34-4)24(20-11-10-19(32-2)13-21(20)33-3)29-18(15-35-26(29)28-16)12-22(30)27-14-17-8-6-5-7-9-17/h5-11,13,15,24H,12,14H2,1-4H3,(H,27,30). The molecule has 1 N–H and O–H groups in total. The molecular weight excluding hydrogens is 466 g/mol. The number of amidine groups is 1. The lowest BCUT2D eigenvalue weighted by atomic mass is 9.93. The van der Waals surface area contributed by atoms with E-state index in [1.807, 2.05) is 52.8 Å². The summed E-state index contributed by atoms with van der Waals surface area (Å²) >= 11 is 1.42. The van der Waals surface area contributed by atoms with E-state index in [2.05, 4.69) is 10.3 Å². The van der Waals surface area contributed by atoms with Crippen molar-refractivity contribution in [2.45, 2.75) is 25.9 Å². The number of rotatable bonds is 8. The first-order valence-corrected chi connectivity index (χ1v) is 11.9. The molecule has 2 aromatic carbocycles. The van der Waals surface area contributed by atoms with Crippen molar-refractivity contribution < 1.29 is 23.8 Å². The zero-order valence-corrected chi connectivity index (χ0v) is 20.8. The van der Waals surface area contributed by atoms with Crippen molar-refractivity contribution >= 4 is 28.8 Å². The van der Waals surface area contributed by atoms with Crippen molar-refractivity contribution in [3.63, 3.8) is 0 Å². The first-order valence-electron chi connectivity index (χ1n) is 11.0. The lowest BCUT2D eigenvalue weighted by Crippen LogP contribution is -2.38. The van der Waals surface area contributed by atoms with Crippen LogP contribution in [0.15, 0.2) is 75.9 Å². The highest BCUT2D eigenvalue weighted by atomic mass is 32.2. The van der Waals surface area contributed by atoms with Crippen molar-refractivity contribution in [3.8, 4) is 11.5 Å². The van der Waals surface area contributed by atoms with Crippen LogP contribution in [0.1, 0.15) is 30.5 Å². The molecule has 2 aromatic rings. The molecule has 1 atom stereocenters. The van der Waals surface area contributed by atoms with Crippen molar-refractivity contribution in [3.05, 3.63) is 82.0 Å². The molecule has 0 saturated carbocycles. The summed E-state index contributed by atoms with van der Waals surface area (Å²) in [6, 6.07) is 14.6. The van der Waals surface area contributed by atoms with Crippen LogP contribution in [0.2, 0.25) is 0 Å². The van der Waals surface area contributed by atoms with Crippen molar-refractivity contribution in [1.82, 2.24) is 10.2 Å². The highest BCUT2D eigenvalue weighted by Crippen LogP contribution is 2.47. The Morgan fingerprint density at radius 3 is 2.54 bits per heavy atom. The number of thioether (sulfide) groups is 1. The number of aliphatic imine (C=N–C) groups is 1. The van der Waals surface area contributed by atoms with E-state index in [0.717, 1.165) is 16.8 Å². The molecule has 35 heavy (non-hydrogen) atoms. The highest BCUT2D eigenvalue weighted by molar-refractivity contribution is 8.16. The zero-order chi connectivity index (χ0) is 24.9. The van der Waals surface area contributed by atoms with Crippen LogP contribution in [-0.4, -0.2) is 43.3 Å². The first kappa shape index (κ1) is 24.4. The van der Waals surface area contributed by atoms with Crippen LogP contribution in [0.4, 0.5) is 0 Å². The third-order valence-corrected chi connectivity index (χ3v) is 6.70. The first-order chi connectivity index (χ1) is 17.0. The van der Waals surface area contributed by atoms with Gasteiger partial charge in [-0.25, -0.2) is 9.79 Å². The molecule has 0 fully saturated rings. The fourth-order valence-electron chi connectivity index (χ4n) is 4.10. The van der Waals surface area contributed by atoms with Crippen LogP contribution < -0.4 is 14.8 Å². The number of fused-ring (bicyclic) bond motifs is 1. The van der Waals surface area contributed by atoms with E-state index in [1.54, 1.807) is 27.2 Å². The normalized spacial score (nSPS) is 16.8. The van der Waals surface area contributed by atoms with Crippen molar-refractivity contribution in [2.75, 3.05) is 21.3 Å². The van der Waals surface area contributed by atoms with Crippen LogP contribution >= 0.6 is 11.8 Å². The van der Waals surface area contributed by atoms with E-state index in [-0.39, 0.29) is 12.3 Å². The van der Waals surface area contributed by atoms with Gasteiger partial charge in [0.1, 0.15) is 11.5 Å². The number of hydrogen-bond acceptors (Lipinski definition) is 8. The Balaban J connectivity index is 1.67. The predicted octanol–water partition coefficient (Wildman–Crippen LogP) is 4.16. The summed E-state index contributed by atoms with van der Waals surface area (Å²) in [5.74, 6) is 0.559. The van der Waals surface area contributed by atoms with Gasteiger partial charge in [0.2, 0.25) is 5.91 Å². The number of nitrogens with zero attached hydrogens (tertiary/aromatic N) is 2. The lowest BCUT2D eigenvalue weighted by Gasteiger charge is -2.36. The fourth-order valence-corrected chi connectivity index (χ4v) is 5.07. The van der Waals surface area contributed by atoms with Crippen LogP contribution in [-0.2, 0) is 20.9 Å². The predicted molar refractivity (Wildman–Crippen MR) is 135 cm³/mol. The summed E-state index contributed by atoms with van der Waals surface area (Å²) < 4.78 is 16.1. The average molecular weight is 494 g/mol. The topological polar surface area (TPSA) is 89.5 Å². The van der Waals surface area contributed by atoms with Gasteiger partial charge in [-0.05, 0) is 30.0 Å². The average Bonchev–Trinajstić information content (AvgIpc) is 3.28. The molecule has 1 unspecified atom stereocenters. The Kier molecular flexibility index (Phi) is 7.45. The minimum absolute atomic E-state index is 0.126. The van der Waals surface area contributed by atoms with Crippen molar-refractivity contribution in [2.24, 2.45) is 4.99 Å². The number of carbonyl (C=O) groups is 2. The number of carbonyl (C=O) groups excluding carboxylic acids is 2. The fraction of sp³-hybridized carbons (Fsp3) is 0.269. The van der Waals surface area contributed by atoms with Crippen molar-refractivity contribution in [1.29, 1.82) is 0 Å². The number of methoxy groups -OCH3 is 3.